The Morgan fingerprint density at radius 1 is 1.80 bits per heavy atom. The maximum Gasteiger partial charge on any atom is 0.221 e. The van der Waals surface area contributed by atoms with Gasteiger partial charge in [0.15, 0.2) is 6.54 Å². The Morgan fingerprint density at radius 3 is 2.90 bits per heavy atom. The van der Waals surface area contributed by atoms with E-state index >= 15 is 0 Å². The van der Waals surface area contributed by atoms with Gasteiger partial charge in [-0.05, 0) is 0 Å². The van der Waals surface area contributed by atoms with E-state index in [9.17, 15) is 5.11 Å². The normalized spacial score (nSPS) is 10.7. The lowest BCUT2D eigenvalue weighted by molar-refractivity contribution is -0.766. The van der Waals surface area contributed by atoms with Crippen molar-refractivity contribution in [2.45, 2.75) is 20.4 Å². The quantitative estimate of drug-likeness (QED) is 0.532. The van der Waals surface area contributed by atoms with Crippen molar-refractivity contribution in [2.75, 3.05) is 0 Å². The van der Waals surface area contributed by atoms with Gasteiger partial charge in [-0.1, -0.05) is 18.5 Å². The molecule has 0 unspecified atom stereocenters. The second-order valence-corrected chi connectivity index (χ2v) is 2.64. The standard InChI is InChI=1S/C6H10N2O2/c1-5(2)3-8-4-6(9)10-7-8/h4-5H,3H2,1-2H3. The van der Waals surface area contributed by atoms with Gasteiger partial charge >= 0.3 is 0 Å². The first-order chi connectivity index (χ1) is 4.68. The lowest BCUT2D eigenvalue weighted by Gasteiger charge is -1.91. The largest absolute Gasteiger partial charge is 0.539 e. The summed E-state index contributed by atoms with van der Waals surface area (Å²) < 4.78 is 5.83. The molecule has 1 heterocycles. The van der Waals surface area contributed by atoms with E-state index in [1.807, 2.05) is 13.8 Å². The van der Waals surface area contributed by atoms with Crippen LogP contribution < -0.4 is 9.79 Å². The molecule has 0 bridgehead atoms. The van der Waals surface area contributed by atoms with Gasteiger partial charge in [0.1, 0.15) is 5.95 Å². The fourth-order valence-corrected chi connectivity index (χ4v) is 0.722. The van der Waals surface area contributed by atoms with E-state index in [1.54, 1.807) is 0 Å². The molecule has 1 aromatic rings. The highest BCUT2D eigenvalue weighted by atomic mass is 16.6. The first-order valence-corrected chi connectivity index (χ1v) is 3.22. The van der Waals surface area contributed by atoms with Crippen LogP contribution in [0.25, 0.3) is 0 Å². The molecule has 0 aromatic carbocycles. The number of nitrogens with zero attached hydrogens (tertiary/aromatic N) is 2. The van der Waals surface area contributed by atoms with E-state index in [1.165, 1.54) is 10.9 Å². The maximum absolute atomic E-state index is 10.4. The lowest BCUT2D eigenvalue weighted by Crippen LogP contribution is -2.37. The molecular weight excluding hydrogens is 132 g/mol. The van der Waals surface area contributed by atoms with Crippen molar-refractivity contribution in [3.05, 3.63) is 6.20 Å². The van der Waals surface area contributed by atoms with Gasteiger partial charge < -0.3 is 9.63 Å². The van der Waals surface area contributed by atoms with Crippen molar-refractivity contribution in [1.82, 2.24) is 5.27 Å². The van der Waals surface area contributed by atoms with Crippen LogP contribution in [0.3, 0.4) is 0 Å². The van der Waals surface area contributed by atoms with Crippen LogP contribution in [0.5, 0.6) is 5.95 Å². The molecule has 0 aliphatic rings. The summed E-state index contributed by atoms with van der Waals surface area (Å²) >= 11 is 0. The van der Waals surface area contributed by atoms with E-state index in [2.05, 4.69) is 9.79 Å². The van der Waals surface area contributed by atoms with Gasteiger partial charge in [-0.2, -0.15) is 0 Å². The zero-order valence-corrected chi connectivity index (χ0v) is 6.07. The van der Waals surface area contributed by atoms with Crippen LogP contribution in [0.1, 0.15) is 13.8 Å². The first kappa shape index (κ1) is 7.05. The molecule has 0 N–H and O–H groups in total. The SMILES string of the molecule is CC(C)C[n+]1cc([O-])on1. The fourth-order valence-electron chi connectivity index (χ4n) is 0.722. The summed E-state index contributed by atoms with van der Waals surface area (Å²) in [5, 5.41) is 13.9. The number of hydrogen-bond acceptors (Lipinski definition) is 3. The Hall–Kier alpha value is -1.06. The Bertz CT molecular complexity index is 207. The minimum Gasteiger partial charge on any atom is -0.539 e. The molecule has 0 saturated heterocycles. The van der Waals surface area contributed by atoms with Crippen molar-refractivity contribution in [2.24, 2.45) is 5.92 Å². The molecule has 0 aliphatic heterocycles. The molecule has 0 amide bonds. The summed E-state index contributed by atoms with van der Waals surface area (Å²) in [6.07, 6.45) is 1.35. The maximum atomic E-state index is 10.4. The molecule has 1 rings (SSSR count). The van der Waals surface area contributed by atoms with Crippen molar-refractivity contribution in [3.8, 4) is 5.95 Å². The zero-order valence-electron chi connectivity index (χ0n) is 6.07. The second kappa shape index (κ2) is 2.68. The highest BCUT2D eigenvalue weighted by molar-refractivity contribution is 4.80. The monoisotopic (exact) mass is 142 g/mol. The van der Waals surface area contributed by atoms with Crippen LogP contribution in [0, 0.1) is 5.92 Å². The molecule has 4 heteroatoms. The fraction of sp³-hybridized carbons (Fsp3) is 0.667. The first-order valence-electron chi connectivity index (χ1n) is 3.22. The van der Waals surface area contributed by atoms with Crippen LogP contribution in [-0.2, 0) is 6.54 Å². The second-order valence-electron chi connectivity index (χ2n) is 2.64. The van der Waals surface area contributed by atoms with Gasteiger partial charge in [0.25, 0.3) is 0 Å². The lowest BCUT2D eigenvalue weighted by atomic mass is 10.2. The molecule has 0 spiro atoms. The summed E-state index contributed by atoms with van der Waals surface area (Å²) in [6.45, 7) is 4.82. The van der Waals surface area contributed by atoms with Gasteiger partial charge in [0.2, 0.25) is 6.20 Å². The van der Waals surface area contributed by atoms with Crippen LogP contribution in [0.2, 0.25) is 0 Å². The minimum atomic E-state index is -0.388. The molecule has 56 valence electrons. The zero-order chi connectivity index (χ0) is 7.56. The van der Waals surface area contributed by atoms with Gasteiger partial charge in [0.05, 0.1) is 5.27 Å². The van der Waals surface area contributed by atoms with Crippen LogP contribution >= 0.6 is 0 Å². The molecular formula is C6H10N2O2. The Kier molecular flexibility index (Phi) is 1.89. The molecule has 0 atom stereocenters. The minimum absolute atomic E-state index is 0.388. The van der Waals surface area contributed by atoms with Gasteiger partial charge in [-0.15, -0.1) is 0 Å². The third-order valence-corrected chi connectivity index (χ3v) is 1.04. The van der Waals surface area contributed by atoms with Crippen molar-refractivity contribution in [1.29, 1.82) is 0 Å². The Balaban J connectivity index is 2.58. The molecule has 0 saturated carbocycles. The number of rotatable bonds is 2. The summed E-state index contributed by atoms with van der Waals surface area (Å²) in [7, 11) is 0. The van der Waals surface area contributed by atoms with E-state index in [0.29, 0.717) is 5.92 Å². The van der Waals surface area contributed by atoms with E-state index in [-0.39, 0.29) is 5.95 Å². The molecule has 0 radical (unpaired) electrons. The number of aromatic nitrogens is 2. The average molecular weight is 142 g/mol. The Labute approximate surface area is 59.0 Å². The predicted molar refractivity (Wildman–Crippen MR) is 31.0 cm³/mol. The molecule has 0 fully saturated rings. The van der Waals surface area contributed by atoms with E-state index < -0.39 is 0 Å². The van der Waals surface area contributed by atoms with Crippen molar-refractivity contribution in [3.63, 3.8) is 0 Å². The predicted octanol–water partition coefficient (Wildman–Crippen LogP) is -0.308. The summed E-state index contributed by atoms with van der Waals surface area (Å²) in [5.41, 5.74) is 0. The summed E-state index contributed by atoms with van der Waals surface area (Å²) in [4.78, 5) is 0. The van der Waals surface area contributed by atoms with Crippen molar-refractivity contribution >= 4 is 0 Å². The average Bonchev–Trinajstić information content (AvgIpc) is 2.13. The van der Waals surface area contributed by atoms with Crippen LogP contribution in [-0.4, -0.2) is 5.27 Å². The van der Waals surface area contributed by atoms with Gasteiger partial charge in [0, 0.05) is 5.92 Å². The third-order valence-electron chi connectivity index (χ3n) is 1.04. The van der Waals surface area contributed by atoms with Crippen LogP contribution in [0.15, 0.2) is 10.7 Å². The summed E-state index contributed by atoms with van der Waals surface area (Å²) in [5.74, 6) is 0.0927. The van der Waals surface area contributed by atoms with Crippen molar-refractivity contribution < 1.29 is 14.3 Å². The smallest absolute Gasteiger partial charge is 0.221 e. The van der Waals surface area contributed by atoms with Gasteiger partial charge in [-0.3, -0.25) is 0 Å². The molecule has 0 aliphatic carbocycles. The number of hydrogen-bond donors (Lipinski definition) is 0. The summed E-state index contributed by atoms with van der Waals surface area (Å²) in [6, 6.07) is 0. The highest BCUT2D eigenvalue weighted by Crippen LogP contribution is 1.95. The highest BCUT2D eigenvalue weighted by Gasteiger charge is 2.05. The molecule has 4 nitrogen and oxygen atoms in total. The Morgan fingerprint density at radius 2 is 2.50 bits per heavy atom. The third kappa shape index (κ3) is 1.72. The molecule has 1 aromatic heterocycles. The topological polar surface area (TPSA) is 53.0 Å². The van der Waals surface area contributed by atoms with E-state index in [4.69, 9.17) is 0 Å². The van der Waals surface area contributed by atoms with Crippen LogP contribution in [0.4, 0.5) is 0 Å². The van der Waals surface area contributed by atoms with Gasteiger partial charge in [-0.25, -0.2) is 0 Å². The molecule has 10 heavy (non-hydrogen) atoms. The van der Waals surface area contributed by atoms with E-state index in [0.717, 1.165) is 6.54 Å².